The largest absolute Gasteiger partial charge is 0.399 e. The molecule has 0 saturated heterocycles. The number of anilines is 1. The normalized spacial score (nSPS) is 10.2. The van der Waals surface area contributed by atoms with E-state index in [1.54, 1.807) is 30.3 Å². The summed E-state index contributed by atoms with van der Waals surface area (Å²) >= 11 is 0. The van der Waals surface area contributed by atoms with Crippen LogP contribution in [0.15, 0.2) is 73.1 Å². The van der Waals surface area contributed by atoms with Crippen LogP contribution in [0, 0.1) is 0 Å². The van der Waals surface area contributed by atoms with Gasteiger partial charge in [-0.2, -0.15) is 0 Å². The summed E-state index contributed by atoms with van der Waals surface area (Å²) in [5.74, 6) is -0.828. The molecule has 1 aromatic heterocycles. The number of hydrogen-bond acceptors (Lipinski definition) is 3. The number of nitrogens with two attached hydrogens (primary N) is 1. The number of carbonyl (C=O) groups is 2. The average molecular weight is 320 g/mol. The van der Waals surface area contributed by atoms with Crippen LogP contribution in [0.5, 0.6) is 0 Å². The highest BCUT2D eigenvalue weighted by Gasteiger charge is 2.09. The summed E-state index contributed by atoms with van der Waals surface area (Å²) < 4.78 is 1.93. The fourth-order valence-electron chi connectivity index (χ4n) is 2.23. The van der Waals surface area contributed by atoms with Gasteiger partial charge in [-0.1, -0.05) is 6.07 Å². The molecule has 0 fully saturated rings. The Kier molecular flexibility index (Phi) is 4.29. The zero-order valence-electron chi connectivity index (χ0n) is 12.8. The molecule has 6 nitrogen and oxygen atoms in total. The highest BCUT2D eigenvalue weighted by atomic mass is 16.2. The molecule has 120 valence electrons. The minimum Gasteiger partial charge on any atom is -0.399 e. The van der Waals surface area contributed by atoms with E-state index in [0.717, 1.165) is 5.69 Å². The first-order chi connectivity index (χ1) is 11.6. The van der Waals surface area contributed by atoms with Crippen molar-refractivity contribution in [2.75, 3.05) is 5.73 Å². The first-order valence-corrected chi connectivity index (χ1v) is 7.33. The number of aromatic nitrogens is 1. The third kappa shape index (κ3) is 3.44. The lowest BCUT2D eigenvalue weighted by atomic mass is 10.2. The van der Waals surface area contributed by atoms with Crippen molar-refractivity contribution in [2.24, 2.45) is 0 Å². The van der Waals surface area contributed by atoms with Crippen LogP contribution in [0.3, 0.4) is 0 Å². The van der Waals surface area contributed by atoms with Crippen LogP contribution in [0.1, 0.15) is 20.7 Å². The van der Waals surface area contributed by atoms with Crippen LogP contribution in [0.4, 0.5) is 5.69 Å². The molecule has 24 heavy (non-hydrogen) atoms. The fourth-order valence-corrected chi connectivity index (χ4v) is 2.23. The quantitative estimate of drug-likeness (QED) is 0.510. The van der Waals surface area contributed by atoms with Gasteiger partial charge in [-0.05, 0) is 54.6 Å². The smallest absolute Gasteiger partial charge is 0.269 e. The van der Waals surface area contributed by atoms with Crippen molar-refractivity contribution in [3.63, 3.8) is 0 Å². The van der Waals surface area contributed by atoms with Gasteiger partial charge in [-0.3, -0.25) is 20.4 Å². The number of nitrogens with one attached hydrogen (secondary N) is 2. The minimum atomic E-state index is -0.431. The molecule has 2 amide bonds. The third-order valence-electron chi connectivity index (χ3n) is 3.47. The van der Waals surface area contributed by atoms with E-state index in [0.29, 0.717) is 16.8 Å². The highest BCUT2D eigenvalue weighted by Crippen LogP contribution is 2.10. The number of rotatable bonds is 3. The monoisotopic (exact) mass is 320 g/mol. The third-order valence-corrected chi connectivity index (χ3v) is 3.47. The van der Waals surface area contributed by atoms with Gasteiger partial charge < -0.3 is 10.3 Å². The zero-order chi connectivity index (χ0) is 16.9. The molecular formula is C18H16N4O2. The summed E-state index contributed by atoms with van der Waals surface area (Å²) in [5.41, 5.74) is 12.6. The Morgan fingerprint density at radius 3 is 2.04 bits per heavy atom. The number of nitrogens with zero attached hydrogens (tertiary/aromatic N) is 1. The topological polar surface area (TPSA) is 89.2 Å². The number of benzene rings is 2. The first-order valence-electron chi connectivity index (χ1n) is 7.33. The van der Waals surface area contributed by atoms with Gasteiger partial charge in [-0.15, -0.1) is 0 Å². The van der Waals surface area contributed by atoms with Crippen molar-refractivity contribution in [1.29, 1.82) is 0 Å². The van der Waals surface area contributed by atoms with Crippen LogP contribution in [-0.4, -0.2) is 16.4 Å². The van der Waals surface area contributed by atoms with Crippen molar-refractivity contribution < 1.29 is 9.59 Å². The van der Waals surface area contributed by atoms with Crippen LogP contribution < -0.4 is 16.6 Å². The molecular weight excluding hydrogens is 304 g/mol. The average Bonchev–Trinajstić information content (AvgIpc) is 3.14. The molecule has 0 aliphatic heterocycles. The Morgan fingerprint density at radius 2 is 1.42 bits per heavy atom. The molecule has 0 radical (unpaired) electrons. The summed E-state index contributed by atoms with van der Waals surface area (Å²) in [4.78, 5) is 24.0. The lowest BCUT2D eigenvalue weighted by molar-refractivity contribution is 0.0846. The van der Waals surface area contributed by atoms with Gasteiger partial charge in [0.1, 0.15) is 0 Å². The van der Waals surface area contributed by atoms with Gasteiger partial charge in [-0.25, -0.2) is 0 Å². The van der Waals surface area contributed by atoms with E-state index >= 15 is 0 Å². The van der Waals surface area contributed by atoms with Crippen molar-refractivity contribution in [1.82, 2.24) is 15.4 Å². The lowest BCUT2D eigenvalue weighted by Crippen LogP contribution is -2.41. The molecule has 0 aliphatic carbocycles. The standard InChI is InChI=1S/C18H16N4O2/c19-15-5-3-4-14(12-15)18(24)21-20-17(23)13-6-8-16(9-7-13)22-10-1-2-11-22/h1-12H,19H2,(H,20,23)(H,21,24). The van der Waals surface area contributed by atoms with Gasteiger partial charge in [0.15, 0.2) is 0 Å². The second-order valence-corrected chi connectivity index (χ2v) is 5.17. The second kappa shape index (κ2) is 6.70. The van der Waals surface area contributed by atoms with E-state index in [4.69, 9.17) is 5.73 Å². The number of hydrogen-bond donors (Lipinski definition) is 3. The van der Waals surface area contributed by atoms with Crippen LogP contribution in [-0.2, 0) is 0 Å². The molecule has 6 heteroatoms. The molecule has 0 bridgehead atoms. The molecule has 0 unspecified atom stereocenters. The molecule has 0 atom stereocenters. The van der Waals surface area contributed by atoms with E-state index in [9.17, 15) is 9.59 Å². The molecule has 1 heterocycles. The van der Waals surface area contributed by atoms with Crippen molar-refractivity contribution in [3.05, 3.63) is 84.2 Å². The van der Waals surface area contributed by atoms with Crippen molar-refractivity contribution >= 4 is 17.5 Å². The maximum atomic E-state index is 12.1. The molecule has 3 aromatic rings. The van der Waals surface area contributed by atoms with Gasteiger partial charge in [0.05, 0.1) is 0 Å². The molecule has 4 N–H and O–H groups in total. The van der Waals surface area contributed by atoms with Crippen LogP contribution in [0.25, 0.3) is 5.69 Å². The van der Waals surface area contributed by atoms with Crippen molar-refractivity contribution in [2.45, 2.75) is 0 Å². The summed E-state index contributed by atoms with van der Waals surface area (Å²) in [6, 6.07) is 17.4. The van der Waals surface area contributed by atoms with Crippen LogP contribution in [0.2, 0.25) is 0 Å². The number of hydrazine groups is 1. The molecule has 0 aliphatic rings. The van der Waals surface area contributed by atoms with Crippen molar-refractivity contribution in [3.8, 4) is 5.69 Å². The lowest BCUT2D eigenvalue weighted by Gasteiger charge is -2.09. The summed E-state index contributed by atoms with van der Waals surface area (Å²) in [7, 11) is 0. The SMILES string of the molecule is Nc1cccc(C(=O)NNC(=O)c2ccc(-n3cccc3)cc2)c1. The van der Waals surface area contributed by atoms with Gasteiger partial charge >= 0.3 is 0 Å². The van der Waals surface area contributed by atoms with E-state index in [1.807, 2.05) is 41.2 Å². The predicted octanol–water partition coefficient (Wildman–Crippen LogP) is 2.13. The number of amides is 2. The first kappa shape index (κ1) is 15.4. The van der Waals surface area contributed by atoms with Gasteiger partial charge in [0.2, 0.25) is 0 Å². The van der Waals surface area contributed by atoms with Crippen LogP contribution >= 0.6 is 0 Å². The van der Waals surface area contributed by atoms with E-state index < -0.39 is 11.8 Å². The van der Waals surface area contributed by atoms with Gasteiger partial charge in [0, 0.05) is 34.9 Å². The maximum absolute atomic E-state index is 12.1. The van der Waals surface area contributed by atoms with E-state index in [1.165, 1.54) is 6.07 Å². The Labute approximate surface area is 138 Å². The number of carbonyl (C=O) groups excluding carboxylic acids is 2. The fraction of sp³-hybridized carbons (Fsp3) is 0. The minimum absolute atomic E-state index is 0.373. The van der Waals surface area contributed by atoms with Gasteiger partial charge in [0.25, 0.3) is 11.8 Å². The molecule has 2 aromatic carbocycles. The summed E-state index contributed by atoms with van der Waals surface area (Å²) in [5, 5.41) is 0. The second-order valence-electron chi connectivity index (χ2n) is 5.17. The maximum Gasteiger partial charge on any atom is 0.269 e. The molecule has 0 spiro atoms. The Morgan fingerprint density at radius 1 is 0.792 bits per heavy atom. The zero-order valence-corrected chi connectivity index (χ0v) is 12.8. The highest BCUT2D eigenvalue weighted by molar-refractivity contribution is 5.99. The number of nitrogen functional groups attached to an aromatic ring is 1. The van der Waals surface area contributed by atoms with E-state index in [2.05, 4.69) is 10.9 Å². The summed E-state index contributed by atoms with van der Waals surface area (Å²) in [6.45, 7) is 0. The summed E-state index contributed by atoms with van der Waals surface area (Å²) in [6.07, 6.45) is 3.84. The predicted molar refractivity (Wildman–Crippen MR) is 91.6 cm³/mol. The Bertz CT molecular complexity index is 855. The molecule has 3 rings (SSSR count). The van der Waals surface area contributed by atoms with E-state index in [-0.39, 0.29) is 0 Å². The Balaban J connectivity index is 1.62. The molecule has 0 saturated carbocycles. The Hall–Kier alpha value is -3.54.